The second kappa shape index (κ2) is 9.01. The van der Waals surface area contributed by atoms with Crippen molar-refractivity contribution in [2.45, 2.75) is 24.5 Å². The maximum Gasteiger partial charge on any atom is 0.277 e. The lowest BCUT2D eigenvalue weighted by Gasteiger charge is -2.08. The molecule has 27 heavy (non-hydrogen) atoms. The second-order valence-electron chi connectivity index (χ2n) is 5.94. The molecule has 3 aromatic rings. The Labute approximate surface area is 165 Å². The number of nitrogens with zero attached hydrogens (tertiary/aromatic N) is 2. The van der Waals surface area contributed by atoms with Gasteiger partial charge in [-0.3, -0.25) is 4.79 Å². The number of amides is 1. The second-order valence-corrected chi connectivity index (χ2v) is 7.28. The van der Waals surface area contributed by atoms with Crippen LogP contribution in [0.15, 0.2) is 58.2 Å². The van der Waals surface area contributed by atoms with E-state index in [0.717, 1.165) is 11.8 Å². The van der Waals surface area contributed by atoms with Crippen LogP contribution < -0.4 is 5.32 Å². The van der Waals surface area contributed by atoms with Gasteiger partial charge in [-0.15, -0.1) is 10.2 Å². The van der Waals surface area contributed by atoms with Gasteiger partial charge < -0.3 is 9.73 Å². The molecule has 0 aliphatic rings. The molecule has 3 rings (SSSR count). The van der Waals surface area contributed by atoms with E-state index in [4.69, 9.17) is 16.0 Å². The first kappa shape index (κ1) is 19.4. The summed E-state index contributed by atoms with van der Waals surface area (Å²) in [4.78, 5) is 12.0. The fourth-order valence-corrected chi connectivity index (χ4v) is 3.20. The zero-order chi connectivity index (χ0) is 19.2. The molecule has 0 spiro atoms. The Morgan fingerprint density at radius 1 is 1.26 bits per heavy atom. The van der Waals surface area contributed by atoms with Crippen molar-refractivity contribution in [3.8, 4) is 0 Å². The highest BCUT2D eigenvalue weighted by Crippen LogP contribution is 2.23. The normalized spacial score (nSPS) is 12.0. The van der Waals surface area contributed by atoms with E-state index in [1.807, 2.05) is 18.2 Å². The quantitative estimate of drug-likeness (QED) is 0.564. The minimum Gasteiger partial charge on any atom is -0.416 e. The van der Waals surface area contributed by atoms with Crippen LogP contribution >= 0.6 is 23.4 Å². The third kappa shape index (κ3) is 5.55. The van der Waals surface area contributed by atoms with Gasteiger partial charge in [-0.2, -0.15) is 0 Å². The van der Waals surface area contributed by atoms with Crippen molar-refractivity contribution in [2.24, 2.45) is 0 Å². The first-order valence-electron chi connectivity index (χ1n) is 8.26. The molecule has 0 saturated heterocycles. The van der Waals surface area contributed by atoms with E-state index in [2.05, 4.69) is 34.6 Å². The number of nitrogens with one attached hydrogen (secondary N) is 1. The third-order valence-electron chi connectivity index (χ3n) is 3.83. The lowest BCUT2D eigenvalue weighted by atomic mass is 9.98. The van der Waals surface area contributed by atoms with Crippen molar-refractivity contribution >= 4 is 35.0 Å². The summed E-state index contributed by atoms with van der Waals surface area (Å²) in [6, 6.07) is 14.1. The van der Waals surface area contributed by atoms with E-state index in [9.17, 15) is 9.18 Å². The van der Waals surface area contributed by atoms with Crippen LogP contribution in [-0.2, 0) is 11.2 Å². The number of carbonyl (C=O) groups excluding carboxylic acids is 1. The SMILES string of the molecule is CC(Cc1nnc(SCC(=O)Nc2ccc(F)c(Cl)c2)o1)c1ccccc1. The Kier molecular flexibility index (Phi) is 6.47. The number of aromatic nitrogens is 2. The van der Waals surface area contributed by atoms with Gasteiger partial charge in [0.2, 0.25) is 11.8 Å². The molecule has 1 amide bonds. The van der Waals surface area contributed by atoms with Crippen molar-refractivity contribution in [1.82, 2.24) is 10.2 Å². The maximum absolute atomic E-state index is 13.1. The van der Waals surface area contributed by atoms with Crippen LogP contribution in [0.25, 0.3) is 0 Å². The molecule has 1 N–H and O–H groups in total. The number of halogens is 2. The highest BCUT2D eigenvalue weighted by atomic mass is 35.5. The predicted octanol–water partition coefficient (Wildman–Crippen LogP) is 4.94. The number of benzene rings is 2. The van der Waals surface area contributed by atoms with Crippen molar-refractivity contribution in [3.63, 3.8) is 0 Å². The van der Waals surface area contributed by atoms with Gasteiger partial charge in [-0.05, 0) is 29.7 Å². The Bertz CT molecular complexity index is 920. The third-order valence-corrected chi connectivity index (χ3v) is 4.94. The van der Waals surface area contributed by atoms with Crippen LogP contribution in [0.3, 0.4) is 0 Å². The smallest absolute Gasteiger partial charge is 0.277 e. The van der Waals surface area contributed by atoms with Crippen LogP contribution in [0.1, 0.15) is 24.3 Å². The van der Waals surface area contributed by atoms with Crippen LogP contribution in [0.5, 0.6) is 0 Å². The summed E-state index contributed by atoms with van der Waals surface area (Å²) in [6.07, 6.45) is 0.623. The highest BCUT2D eigenvalue weighted by Gasteiger charge is 2.14. The molecule has 1 aromatic heterocycles. The summed E-state index contributed by atoms with van der Waals surface area (Å²) >= 11 is 6.83. The number of carbonyl (C=O) groups is 1. The summed E-state index contributed by atoms with van der Waals surface area (Å²) in [5.41, 5.74) is 1.62. The van der Waals surface area contributed by atoms with Crippen LogP contribution in [-0.4, -0.2) is 21.9 Å². The van der Waals surface area contributed by atoms with Gasteiger partial charge in [-0.1, -0.05) is 60.6 Å². The maximum atomic E-state index is 13.1. The zero-order valence-corrected chi connectivity index (χ0v) is 16.1. The number of thioether (sulfide) groups is 1. The molecule has 1 atom stereocenters. The molecular formula is C19H17ClFN3O2S. The first-order valence-corrected chi connectivity index (χ1v) is 9.62. The summed E-state index contributed by atoms with van der Waals surface area (Å²) in [7, 11) is 0. The Morgan fingerprint density at radius 2 is 2.04 bits per heavy atom. The molecule has 140 valence electrons. The summed E-state index contributed by atoms with van der Waals surface area (Å²) in [6.45, 7) is 2.09. The first-order chi connectivity index (χ1) is 13.0. The molecule has 0 aliphatic heterocycles. The summed E-state index contributed by atoms with van der Waals surface area (Å²) < 4.78 is 18.7. The average Bonchev–Trinajstić information content (AvgIpc) is 3.11. The minimum atomic E-state index is -0.535. The topological polar surface area (TPSA) is 68.0 Å². The zero-order valence-electron chi connectivity index (χ0n) is 14.5. The standard InChI is InChI=1S/C19H17ClFN3O2S/c1-12(13-5-3-2-4-6-13)9-18-23-24-19(26-18)27-11-17(25)22-14-7-8-16(21)15(20)10-14/h2-8,10,12H,9,11H2,1H3,(H,22,25). The fourth-order valence-electron chi connectivity index (χ4n) is 2.44. The Balaban J connectivity index is 1.50. The molecule has 0 bridgehead atoms. The van der Waals surface area contributed by atoms with Crippen LogP contribution in [0.4, 0.5) is 10.1 Å². The van der Waals surface area contributed by atoms with E-state index in [-0.39, 0.29) is 22.6 Å². The van der Waals surface area contributed by atoms with Crippen molar-refractivity contribution in [1.29, 1.82) is 0 Å². The number of hydrogen-bond donors (Lipinski definition) is 1. The predicted molar refractivity (Wildman–Crippen MR) is 104 cm³/mol. The molecule has 1 heterocycles. The molecule has 0 radical (unpaired) electrons. The van der Waals surface area contributed by atoms with Crippen molar-refractivity contribution in [3.05, 3.63) is 70.8 Å². The summed E-state index contributed by atoms with van der Waals surface area (Å²) in [5.74, 6) is 0.0491. The molecule has 0 fully saturated rings. The van der Waals surface area contributed by atoms with Gasteiger partial charge in [-0.25, -0.2) is 4.39 Å². The molecule has 0 saturated carbocycles. The number of rotatable bonds is 7. The molecule has 8 heteroatoms. The monoisotopic (exact) mass is 405 g/mol. The molecule has 2 aromatic carbocycles. The highest BCUT2D eigenvalue weighted by molar-refractivity contribution is 7.99. The van der Waals surface area contributed by atoms with Gasteiger partial charge in [0.05, 0.1) is 10.8 Å². The Hall–Kier alpha value is -2.38. The lowest BCUT2D eigenvalue weighted by Crippen LogP contribution is -2.14. The van der Waals surface area contributed by atoms with Gasteiger partial charge in [0.1, 0.15) is 5.82 Å². The van der Waals surface area contributed by atoms with Gasteiger partial charge in [0.25, 0.3) is 5.22 Å². The van der Waals surface area contributed by atoms with Crippen LogP contribution in [0.2, 0.25) is 5.02 Å². The average molecular weight is 406 g/mol. The minimum absolute atomic E-state index is 0.0467. The van der Waals surface area contributed by atoms with Crippen molar-refractivity contribution in [2.75, 3.05) is 11.1 Å². The summed E-state index contributed by atoms with van der Waals surface area (Å²) in [5, 5.41) is 10.9. The Morgan fingerprint density at radius 3 is 2.78 bits per heavy atom. The van der Waals surface area contributed by atoms with Gasteiger partial charge in [0.15, 0.2) is 0 Å². The number of hydrogen-bond acceptors (Lipinski definition) is 5. The molecule has 0 aliphatic carbocycles. The lowest BCUT2D eigenvalue weighted by molar-refractivity contribution is -0.113. The van der Waals surface area contributed by atoms with E-state index in [1.54, 1.807) is 0 Å². The van der Waals surface area contributed by atoms with E-state index in [1.165, 1.54) is 23.8 Å². The fraction of sp³-hybridized carbons (Fsp3) is 0.211. The largest absolute Gasteiger partial charge is 0.416 e. The van der Waals surface area contributed by atoms with E-state index < -0.39 is 5.82 Å². The molecule has 5 nitrogen and oxygen atoms in total. The van der Waals surface area contributed by atoms with Crippen LogP contribution in [0, 0.1) is 5.82 Å². The van der Waals surface area contributed by atoms with Gasteiger partial charge in [0, 0.05) is 12.1 Å². The number of anilines is 1. The molecule has 1 unspecified atom stereocenters. The van der Waals surface area contributed by atoms with E-state index >= 15 is 0 Å². The van der Waals surface area contributed by atoms with E-state index in [0.29, 0.717) is 23.2 Å². The van der Waals surface area contributed by atoms with Gasteiger partial charge >= 0.3 is 0 Å². The van der Waals surface area contributed by atoms with Crippen molar-refractivity contribution < 1.29 is 13.6 Å². The molecular weight excluding hydrogens is 389 g/mol.